The molecule has 1 aliphatic rings. The van der Waals surface area contributed by atoms with Crippen molar-refractivity contribution in [1.82, 2.24) is 15.6 Å². The van der Waals surface area contributed by atoms with Crippen LogP contribution in [0, 0.1) is 5.92 Å². The van der Waals surface area contributed by atoms with Gasteiger partial charge in [-0.25, -0.2) is 4.98 Å². The predicted octanol–water partition coefficient (Wildman–Crippen LogP) is 1.96. The van der Waals surface area contributed by atoms with Crippen molar-refractivity contribution >= 4 is 21.8 Å². The Balaban J connectivity index is 1.96. The van der Waals surface area contributed by atoms with E-state index in [9.17, 15) is 4.79 Å². The number of pyridine rings is 1. The highest BCUT2D eigenvalue weighted by molar-refractivity contribution is 9.10. The maximum absolute atomic E-state index is 12.1. The molecule has 98 valence electrons. The quantitative estimate of drug-likeness (QED) is 0.897. The van der Waals surface area contributed by atoms with Crippen molar-refractivity contribution in [2.24, 2.45) is 5.92 Å². The van der Waals surface area contributed by atoms with Crippen molar-refractivity contribution in [3.8, 4) is 0 Å². The smallest absolute Gasteiger partial charge is 0.271 e. The molecule has 2 N–H and O–H groups in total. The summed E-state index contributed by atoms with van der Waals surface area (Å²) in [4.78, 5) is 16.2. The molecule has 0 radical (unpaired) electrons. The maximum atomic E-state index is 12.1. The van der Waals surface area contributed by atoms with Gasteiger partial charge in [-0.1, -0.05) is 0 Å². The summed E-state index contributed by atoms with van der Waals surface area (Å²) < 4.78 is 0.733. The molecule has 0 saturated carbocycles. The minimum Gasteiger partial charge on any atom is -0.348 e. The van der Waals surface area contributed by atoms with Gasteiger partial charge in [0, 0.05) is 16.7 Å². The highest BCUT2D eigenvalue weighted by Crippen LogP contribution is 2.16. The van der Waals surface area contributed by atoms with Crippen LogP contribution >= 0.6 is 15.9 Å². The van der Waals surface area contributed by atoms with E-state index < -0.39 is 0 Å². The van der Waals surface area contributed by atoms with Gasteiger partial charge < -0.3 is 10.6 Å². The van der Waals surface area contributed by atoms with Gasteiger partial charge in [-0.2, -0.15) is 0 Å². The minimum atomic E-state index is -0.111. The number of amides is 1. The minimum absolute atomic E-state index is 0.111. The average Bonchev–Trinajstić information content (AvgIpc) is 2.40. The molecule has 2 unspecified atom stereocenters. The van der Waals surface area contributed by atoms with Crippen LogP contribution in [0.25, 0.3) is 0 Å². The number of aromatic nitrogens is 1. The van der Waals surface area contributed by atoms with Crippen molar-refractivity contribution < 1.29 is 4.79 Å². The van der Waals surface area contributed by atoms with Gasteiger partial charge in [0.25, 0.3) is 5.91 Å². The zero-order valence-electron chi connectivity index (χ0n) is 10.4. The second-order valence-electron chi connectivity index (χ2n) is 4.70. The van der Waals surface area contributed by atoms with Crippen molar-refractivity contribution in [3.63, 3.8) is 0 Å². The molecule has 4 nitrogen and oxygen atoms in total. The molecule has 0 bridgehead atoms. The van der Waals surface area contributed by atoms with E-state index in [1.807, 2.05) is 6.07 Å². The van der Waals surface area contributed by atoms with Gasteiger partial charge in [0.2, 0.25) is 0 Å². The number of hydrogen-bond donors (Lipinski definition) is 2. The van der Waals surface area contributed by atoms with Crippen LogP contribution in [0.3, 0.4) is 0 Å². The van der Waals surface area contributed by atoms with E-state index in [0.29, 0.717) is 11.6 Å². The zero-order valence-corrected chi connectivity index (χ0v) is 12.0. The normalized spacial score (nSPS) is 21.3. The lowest BCUT2D eigenvalue weighted by atomic mass is 9.93. The molecule has 1 aliphatic heterocycles. The number of nitrogens with zero attached hydrogens (tertiary/aromatic N) is 1. The summed E-state index contributed by atoms with van der Waals surface area (Å²) in [6.45, 7) is 4.13. The molecule has 18 heavy (non-hydrogen) atoms. The number of halogens is 1. The van der Waals surface area contributed by atoms with E-state index in [1.165, 1.54) is 6.42 Å². The molecular formula is C13H18BrN3O. The Morgan fingerprint density at radius 3 is 3.17 bits per heavy atom. The highest BCUT2D eigenvalue weighted by Gasteiger charge is 2.22. The lowest BCUT2D eigenvalue weighted by Gasteiger charge is -2.28. The summed E-state index contributed by atoms with van der Waals surface area (Å²) in [5.74, 6) is 0.394. The number of hydrogen-bond acceptors (Lipinski definition) is 3. The number of carbonyl (C=O) groups excluding carboxylic acids is 1. The lowest BCUT2D eigenvalue weighted by molar-refractivity contribution is 0.0916. The Hall–Kier alpha value is -0.940. The third-order valence-corrected chi connectivity index (χ3v) is 4.01. The molecule has 1 aromatic rings. The molecule has 0 aromatic carbocycles. The van der Waals surface area contributed by atoms with Crippen LogP contribution in [0.2, 0.25) is 0 Å². The first-order valence-corrected chi connectivity index (χ1v) is 7.10. The van der Waals surface area contributed by atoms with Crippen molar-refractivity contribution in [1.29, 1.82) is 0 Å². The summed E-state index contributed by atoms with van der Waals surface area (Å²) in [5.41, 5.74) is 0.452. The van der Waals surface area contributed by atoms with Gasteiger partial charge in [0.1, 0.15) is 5.69 Å². The lowest BCUT2D eigenvalue weighted by Crippen LogP contribution is -2.44. The Morgan fingerprint density at radius 2 is 2.50 bits per heavy atom. The Morgan fingerprint density at radius 1 is 1.67 bits per heavy atom. The molecule has 2 atom stereocenters. The van der Waals surface area contributed by atoms with Crippen LogP contribution in [0.1, 0.15) is 30.3 Å². The second kappa shape index (κ2) is 6.29. The zero-order chi connectivity index (χ0) is 13.0. The number of rotatable bonds is 3. The molecule has 0 spiro atoms. The van der Waals surface area contributed by atoms with Gasteiger partial charge in [-0.05, 0) is 66.8 Å². The Kier molecular flexibility index (Phi) is 4.72. The van der Waals surface area contributed by atoms with E-state index in [4.69, 9.17) is 0 Å². The number of piperidine rings is 1. The molecule has 2 heterocycles. The van der Waals surface area contributed by atoms with Crippen molar-refractivity contribution in [3.05, 3.63) is 28.5 Å². The van der Waals surface area contributed by atoms with Crippen molar-refractivity contribution in [2.75, 3.05) is 13.1 Å². The maximum Gasteiger partial charge on any atom is 0.271 e. The number of nitrogens with one attached hydrogen (secondary N) is 2. The fourth-order valence-corrected chi connectivity index (χ4v) is 2.69. The van der Waals surface area contributed by atoms with E-state index in [2.05, 4.69) is 38.5 Å². The van der Waals surface area contributed by atoms with Crippen molar-refractivity contribution in [2.45, 2.75) is 25.8 Å². The molecule has 1 saturated heterocycles. The predicted molar refractivity (Wildman–Crippen MR) is 74.5 cm³/mol. The average molecular weight is 312 g/mol. The van der Waals surface area contributed by atoms with Crippen LogP contribution in [0.4, 0.5) is 0 Å². The molecule has 2 rings (SSSR count). The molecule has 5 heteroatoms. The van der Waals surface area contributed by atoms with E-state index in [-0.39, 0.29) is 11.9 Å². The van der Waals surface area contributed by atoms with E-state index >= 15 is 0 Å². The standard InChI is InChI=1S/C13H18BrN3O/c1-9(10-4-2-6-15-8-10)17-13(18)12-11(14)5-3-7-16-12/h3,5,7,9-10,15H,2,4,6,8H2,1H3,(H,17,18). The molecule has 1 amide bonds. The third kappa shape index (κ3) is 3.29. The number of carbonyl (C=O) groups is 1. The Labute approximate surface area is 116 Å². The fraction of sp³-hybridized carbons (Fsp3) is 0.538. The fourth-order valence-electron chi connectivity index (χ4n) is 2.25. The first kappa shape index (κ1) is 13.5. The second-order valence-corrected chi connectivity index (χ2v) is 5.56. The van der Waals surface area contributed by atoms with Gasteiger partial charge >= 0.3 is 0 Å². The van der Waals surface area contributed by atoms with Crippen LogP contribution in [0.5, 0.6) is 0 Å². The van der Waals surface area contributed by atoms with Gasteiger partial charge in [-0.15, -0.1) is 0 Å². The third-order valence-electron chi connectivity index (χ3n) is 3.37. The monoisotopic (exact) mass is 311 g/mol. The van der Waals surface area contributed by atoms with Crippen LogP contribution in [-0.2, 0) is 0 Å². The topological polar surface area (TPSA) is 54.0 Å². The van der Waals surface area contributed by atoms with E-state index in [1.54, 1.807) is 12.3 Å². The van der Waals surface area contributed by atoms with Crippen LogP contribution in [-0.4, -0.2) is 30.0 Å². The summed E-state index contributed by atoms with van der Waals surface area (Å²) in [7, 11) is 0. The van der Waals surface area contributed by atoms with E-state index in [0.717, 1.165) is 24.0 Å². The molecular weight excluding hydrogens is 294 g/mol. The summed E-state index contributed by atoms with van der Waals surface area (Å²) in [5, 5.41) is 6.40. The first-order valence-electron chi connectivity index (χ1n) is 6.30. The highest BCUT2D eigenvalue weighted by atomic mass is 79.9. The van der Waals surface area contributed by atoms with Gasteiger partial charge in [0.05, 0.1) is 0 Å². The SMILES string of the molecule is CC(NC(=O)c1ncccc1Br)C1CCCNC1. The van der Waals surface area contributed by atoms with Crippen LogP contribution < -0.4 is 10.6 Å². The van der Waals surface area contributed by atoms with Crippen LogP contribution in [0.15, 0.2) is 22.8 Å². The largest absolute Gasteiger partial charge is 0.348 e. The molecule has 0 aliphatic carbocycles. The molecule has 1 aromatic heterocycles. The van der Waals surface area contributed by atoms with Gasteiger partial charge in [0.15, 0.2) is 0 Å². The first-order chi connectivity index (χ1) is 8.68. The van der Waals surface area contributed by atoms with Gasteiger partial charge in [-0.3, -0.25) is 4.79 Å². The molecule has 1 fully saturated rings. The summed E-state index contributed by atoms with van der Waals surface area (Å²) in [6.07, 6.45) is 3.97. The summed E-state index contributed by atoms with van der Waals surface area (Å²) in [6, 6.07) is 3.79. The Bertz CT molecular complexity index is 418. The summed E-state index contributed by atoms with van der Waals surface area (Å²) >= 11 is 3.35.